The number of hydrogen-bond acceptors (Lipinski definition) is 4. The zero-order chi connectivity index (χ0) is 12.8. The second-order valence-corrected chi connectivity index (χ2v) is 3.51. The first kappa shape index (κ1) is 13.1. The molecule has 0 fully saturated rings. The van der Waals surface area contributed by atoms with Crippen LogP contribution in [0.3, 0.4) is 0 Å². The fourth-order valence-electron chi connectivity index (χ4n) is 1.60. The Morgan fingerprint density at radius 3 is 2.53 bits per heavy atom. The molecule has 92 valence electrons. The number of carboxylic acid groups (broad SMARTS) is 1. The van der Waals surface area contributed by atoms with E-state index < -0.39 is 11.9 Å². The minimum atomic E-state index is -1.13. The maximum atomic E-state index is 11.0. The van der Waals surface area contributed by atoms with Gasteiger partial charge >= 0.3 is 0 Å². The van der Waals surface area contributed by atoms with Crippen LogP contribution in [0.15, 0.2) is 30.9 Å². The van der Waals surface area contributed by atoms with Crippen LogP contribution in [0.1, 0.15) is 17.9 Å². The van der Waals surface area contributed by atoms with Gasteiger partial charge < -0.3 is 19.4 Å². The average Bonchev–Trinajstić information content (AvgIpc) is 2.34. The molecule has 0 aliphatic carbocycles. The first-order chi connectivity index (χ1) is 8.13. The Labute approximate surface area is 100 Å². The summed E-state index contributed by atoms with van der Waals surface area (Å²) in [7, 11) is 3.03. The van der Waals surface area contributed by atoms with Gasteiger partial charge in [-0.15, -0.1) is 6.58 Å². The van der Waals surface area contributed by atoms with Crippen LogP contribution < -0.4 is 14.6 Å². The first-order valence-electron chi connectivity index (χ1n) is 5.17. The molecule has 0 aromatic heterocycles. The number of allylic oxidation sites excluding steroid dienone is 1. The number of hydrogen-bond donors (Lipinski definition) is 0. The van der Waals surface area contributed by atoms with Crippen molar-refractivity contribution in [3.63, 3.8) is 0 Å². The lowest BCUT2D eigenvalue weighted by atomic mass is 9.95. The van der Waals surface area contributed by atoms with E-state index in [-0.39, 0.29) is 0 Å². The summed E-state index contributed by atoms with van der Waals surface area (Å²) in [5.41, 5.74) is 0.613. The van der Waals surface area contributed by atoms with Crippen LogP contribution in [0, 0.1) is 0 Å². The number of carbonyl (C=O) groups is 1. The summed E-state index contributed by atoms with van der Waals surface area (Å²) in [6.07, 6.45) is 1.87. The SMILES string of the molecule is C=CCC(C(=O)[O-])c1ccc(OC)c(OC)c1. The van der Waals surface area contributed by atoms with E-state index in [2.05, 4.69) is 6.58 Å². The van der Waals surface area contributed by atoms with Gasteiger partial charge in [0.25, 0.3) is 0 Å². The summed E-state index contributed by atoms with van der Waals surface area (Å²) in [6, 6.07) is 5.00. The molecular formula is C13H15O4-. The van der Waals surface area contributed by atoms with Crippen LogP contribution >= 0.6 is 0 Å². The molecule has 0 spiro atoms. The number of ether oxygens (including phenoxy) is 2. The molecule has 4 nitrogen and oxygen atoms in total. The average molecular weight is 235 g/mol. The van der Waals surface area contributed by atoms with Crippen molar-refractivity contribution in [3.05, 3.63) is 36.4 Å². The highest BCUT2D eigenvalue weighted by Gasteiger charge is 2.14. The van der Waals surface area contributed by atoms with Crippen molar-refractivity contribution in [1.29, 1.82) is 0 Å². The second kappa shape index (κ2) is 5.94. The molecule has 1 rings (SSSR count). The van der Waals surface area contributed by atoms with E-state index >= 15 is 0 Å². The molecule has 1 unspecified atom stereocenters. The highest BCUT2D eigenvalue weighted by Crippen LogP contribution is 2.31. The van der Waals surface area contributed by atoms with Gasteiger partial charge in [0.15, 0.2) is 11.5 Å². The topological polar surface area (TPSA) is 58.6 Å². The monoisotopic (exact) mass is 235 g/mol. The maximum absolute atomic E-state index is 11.0. The number of aliphatic carboxylic acids is 1. The summed E-state index contributed by atoms with van der Waals surface area (Å²) in [5, 5.41) is 11.0. The molecule has 0 amide bonds. The van der Waals surface area contributed by atoms with Gasteiger partial charge in [-0.05, 0) is 24.1 Å². The molecule has 0 heterocycles. The van der Waals surface area contributed by atoms with Gasteiger partial charge in [0.2, 0.25) is 0 Å². The van der Waals surface area contributed by atoms with Gasteiger partial charge in [0.05, 0.1) is 14.2 Å². The Kier molecular flexibility index (Phi) is 4.57. The largest absolute Gasteiger partial charge is 0.549 e. The Morgan fingerprint density at radius 2 is 2.06 bits per heavy atom. The minimum Gasteiger partial charge on any atom is -0.549 e. The molecule has 1 atom stereocenters. The molecule has 0 aliphatic heterocycles. The second-order valence-electron chi connectivity index (χ2n) is 3.51. The number of carboxylic acids is 1. The molecule has 1 aromatic rings. The molecule has 0 saturated carbocycles. The predicted octanol–water partition coefficient (Wildman–Crippen LogP) is 1.11. The minimum absolute atomic E-state index is 0.317. The van der Waals surface area contributed by atoms with Crippen molar-refractivity contribution >= 4 is 5.97 Å². The van der Waals surface area contributed by atoms with Crippen LogP contribution in [0.25, 0.3) is 0 Å². The number of carbonyl (C=O) groups excluding carboxylic acids is 1. The van der Waals surface area contributed by atoms with Gasteiger partial charge in [-0.1, -0.05) is 12.1 Å². The Hall–Kier alpha value is -1.97. The Morgan fingerprint density at radius 1 is 1.41 bits per heavy atom. The zero-order valence-corrected chi connectivity index (χ0v) is 9.93. The van der Waals surface area contributed by atoms with Gasteiger partial charge in [-0.2, -0.15) is 0 Å². The third-order valence-corrected chi connectivity index (χ3v) is 2.50. The molecule has 4 heteroatoms. The van der Waals surface area contributed by atoms with Crippen molar-refractivity contribution in [2.24, 2.45) is 0 Å². The molecule has 1 aromatic carbocycles. The molecule has 0 bridgehead atoms. The summed E-state index contributed by atoms with van der Waals surface area (Å²) in [5.74, 6) is -0.781. The molecule has 0 radical (unpaired) electrons. The fourth-order valence-corrected chi connectivity index (χ4v) is 1.60. The molecule has 0 saturated heterocycles. The van der Waals surface area contributed by atoms with E-state index in [0.29, 0.717) is 23.5 Å². The summed E-state index contributed by atoms with van der Waals surface area (Å²) >= 11 is 0. The van der Waals surface area contributed by atoms with E-state index in [1.165, 1.54) is 14.2 Å². The van der Waals surface area contributed by atoms with Crippen LogP contribution in [0.5, 0.6) is 11.5 Å². The summed E-state index contributed by atoms with van der Waals surface area (Å²) in [6.45, 7) is 3.54. The Bertz CT molecular complexity index is 412. The number of methoxy groups -OCH3 is 2. The molecular weight excluding hydrogens is 220 g/mol. The fraction of sp³-hybridized carbons (Fsp3) is 0.308. The maximum Gasteiger partial charge on any atom is 0.161 e. The first-order valence-corrected chi connectivity index (χ1v) is 5.17. The van der Waals surface area contributed by atoms with Crippen LogP contribution in [-0.4, -0.2) is 20.2 Å². The van der Waals surface area contributed by atoms with E-state index in [1.807, 2.05) is 0 Å². The van der Waals surface area contributed by atoms with E-state index in [9.17, 15) is 9.90 Å². The highest BCUT2D eigenvalue weighted by atomic mass is 16.5. The van der Waals surface area contributed by atoms with Gasteiger partial charge in [0, 0.05) is 11.9 Å². The lowest BCUT2D eigenvalue weighted by Gasteiger charge is -2.18. The van der Waals surface area contributed by atoms with Crippen LogP contribution in [-0.2, 0) is 4.79 Å². The van der Waals surface area contributed by atoms with Crippen molar-refractivity contribution in [1.82, 2.24) is 0 Å². The standard InChI is InChI=1S/C13H16O4/c1-4-5-10(13(14)15)9-6-7-11(16-2)12(8-9)17-3/h4,6-8,10H,1,5H2,2-3H3,(H,14,15)/p-1. The smallest absolute Gasteiger partial charge is 0.161 e. The van der Waals surface area contributed by atoms with Crippen molar-refractivity contribution in [2.75, 3.05) is 14.2 Å². The number of rotatable bonds is 6. The predicted molar refractivity (Wildman–Crippen MR) is 62.1 cm³/mol. The normalized spacial score (nSPS) is 11.6. The quantitative estimate of drug-likeness (QED) is 0.693. The van der Waals surface area contributed by atoms with E-state index in [0.717, 1.165) is 0 Å². The van der Waals surface area contributed by atoms with Crippen molar-refractivity contribution < 1.29 is 19.4 Å². The summed E-state index contributed by atoms with van der Waals surface area (Å²) in [4.78, 5) is 11.0. The number of benzene rings is 1. The van der Waals surface area contributed by atoms with Gasteiger partial charge in [-0.3, -0.25) is 0 Å². The van der Waals surface area contributed by atoms with Gasteiger partial charge in [-0.25, -0.2) is 0 Å². The molecule has 17 heavy (non-hydrogen) atoms. The van der Waals surface area contributed by atoms with E-state index in [4.69, 9.17) is 9.47 Å². The Balaban J connectivity index is 3.12. The molecule has 0 aliphatic rings. The van der Waals surface area contributed by atoms with Crippen LogP contribution in [0.4, 0.5) is 0 Å². The van der Waals surface area contributed by atoms with Crippen LogP contribution in [0.2, 0.25) is 0 Å². The third kappa shape index (κ3) is 3.00. The van der Waals surface area contributed by atoms with Gasteiger partial charge in [0.1, 0.15) is 0 Å². The van der Waals surface area contributed by atoms with Crippen molar-refractivity contribution in [2.45, 2.75) is 12.3 Å². The van der Waals surface area contributed by atoms with Crippen molar-refractivity contribution in [3.8, 4) is 11.5 Å². The zero-order valence-electron chi connectivity index (χ0n) is 9.93. The lowest BCUT2D eigenvalue weighted by Crippen LogP contribution is -2.29. The summed E-state index contributed by atoms with van der Waals surface area (Å²) < 4.78 is 10.2. The third-order valence-electron chi connectivity index (χ3n) is 2.50. The lowest BCUT2D eigenvalue weighted by molar-refractivity contribution is -0.307. The molecule has 0 N–H and O–H groups in total. The highest BCUT2D eigenvalue weighted by molar-refractivity contribution is 5.74. The van der Waals surface area contributed by atoms with E-state index in [1.54, 1.807) is 24.3 Å².